The van der Waals surface area contributed by atoms with E-state index in [1.165, 1.54) is 5.56 Å². The third-order valence-electron chi connectivity index (χ3n) is 4.67. The first kappa shape index (κ1) is 19.8. The topological polar surface area (TPSA) is 55.2 Å². The lowest BCUT2D eigenvalue weighted by Gasteiger charge is -2.09. The van der Waals surface area contributed by atoms with Gasteiger partial charge in [0.05, 0.1) is 6.21 Å². The number of ether oxygens (including phenoxy) is 1. The Hall–Kier alpha value is -3.51. The van der Waals surface area contributed by atoms with E-state index in [1.54, 1.807) is 10.9 Å². The molecule has 5 nitrogen and oxygen atoms in total. The lowest BCUT2D eigenvalue weighted by atomic mass is 10.1. The Balaban J connectivity index is 1.53. The fraction of sp³-hybridized carbons (Fsp3) is 0.125. The van der Waals surface area contributed by atoms with Gasteiger partial charge in [-0.25, -0.2) is 0 Å². The molecular weight excluding hydrogens is 392 g/mol. The van der Waals surface area contributed by atoms with E-state index in [9.17, 15) is 0 Å². The second kappa shape index (κ2) is 9.33. The molecule has 0 spiro atoms. The SMILES string of the molecule is Cc1ccc(COc2ccccc2/C=N\n2c(Cc3ccccc3)n[nH]c2=S)cc1. The largest absolute Gasteiger partial charge is 0.488 e. The Kier molecular flexibility index (Phi) is 6.15. The highest BCUT2D eigenvalue weighted by Gasteiger charge is 2.07. The summed E-state index contributed by atoms with van der Waals surface area (Å²) in [4.78, 5) is 0. The number of aromatic amines is 1. The summed E-state index contributed by atoms with van der Waals surface area (Å²) in [6.07, 6.45) is 2.39. The molecule has 3 aromatic carbocycles. The van der Waals surface area contributed by atoms with Crippen LogP contribution in [-0.2, 0) is 13.0 Å². The van der Waals surface area contributed by atoms with Crippen molar-refractivity contribution in [2.75, 3.05) is 0 Å². The van der Waals surface area contributed by atoms with E-state index in [0.29, 0.717) is 17.8 Å². The monoisotopic (exact) mass is 414 g/mol. The van der Waals surface area contributed by atoms with Gasteiger partial charge in [0.1, 0.15) is 12.4 Å². The minimum atomic E-state index is 0.454. The fourth-order valence-corrected chi connectivity index (χ4v) is 3.22. The molecule has 0 bridgehead atoms. The fourth-order valence-electron chi connectivity index (χ4n) is 3.02. The zero-order chi connectivity index (χ0) is 20.8. The number of para-hydroxylation sites is 1. The molecule has 6 heteroatoms. The highest BCUT2D eigenvalue weighted by Crippen LogP contribution is 2.18. The maximum atomic E-state index is 6.04. The lowest BCUT2D eigenvalue weighted by Crippen LogP contribution is -2.02. The molecular formula is C24H22N4OS. The summed E-state index contributed by atoms with van der Waals surface area (Å²) < 4.78 is 8.14. The number of benzene rings is 3. The van der Waals surface area contributed by atoms with Crippen LogP contribution in [0.1, 0.15) is 28.1 Å². The maximum absolute atomic E-state index is 6.04. The number of nitrogens with zero attached hydrogens (tertiary/aromatic N) is 3. The van der Waals surface area contributed by atoms with Gasteiger partial charge in [0, 0.05) is 12.0 Å². The maximum Gasteiger partial charge on any atom is 0.216 e. The van der Waals surface area contributed by atoms with E-state index in [1.807, 2.05) is 42.5 Å². The number of rotatable bonds is 7. The van der Waals surface area contributed by atoms with Crippen LogP contribution in [0.2, 0.25) is 0 Å². The predicted octanol–water partition coefficient (Wildman–Crippen LogP) is 5.30. The molecule has 0 aliphatic carbocycles. The molecule has 30 heavy (non-hydrogen) atoms. The Labute approximate surface area is 180 Å². The number of aryl methyl sites for hydroxylation is 1. The molecule has 0 fully saturated rings. The van der Waals surface area contributed by atoms with Gasteiger partial charge in [-0.3, -0.25) is 5.10 Å². The summed E-state index contributed by atoms with van der Waals surface area (Å²) in [5.74, 6) is 1.52. The molecule has 0 aliphatic heterocycles. The quantitative estimate of drug-likeness (QED) is 0.330. The Morgan fingerprint density at radius 3 is 2.50 bits per heavy atom. The number of nitrogens with one attached hydrogen (secondary N) is 1. The van der Waals surface area contributed by atoms with Crippen LogP contribution in [0.3, 0.4) is 0 Å². The third-order valence-corrected chi connectivity index (χ3v) is 4.93. The van der Waals surface area contributed by atoms with Crippen molar-refractivity contribution >= 4 is 18.4 Å². The zero-order valence-electron chi connectivity index (χ0n) is 16.7. The predicted molar refractivity (Wildman–Crippen MR) is 122 cm³/mol. The number of aromatic nitrogens is 3. The van der Waals surface area contributed by atoms with Gasteiger partial charge in [0.15, 0.2) is 5.82 Å². The lowest BCUT2D eigenvalue weighted by molar-refractivity contribution is 0.306. The van der Waals surface area contributed by atoms with Crippen LogP contribution in [0.4, 0.5) is 0 Å². The molecule has 0 aliphatic rings. The first-order chi connectivity index (χ1) is 14.7. The molecule has 4 rings (SSSR count). The van der Waals surface area contributed by atoms with Crippen molar-refractivity contribution in [2.24, 2.45) is 5.10 Å². The molecule has 0 saturated carbocycles. The molecule has 0 atom stereocenters. The average Bonchev–Trinajstić information content (AvgIpc) is 3.12. The molecule has 4 aromatic rings. The zero-order valence-corrected chi connectivity index (χ0v) is 17.5. The van der Waals surface area contributed by atoms with Crippen molar-refractivity contribution < 1.29 is 4.74 Å². The van der Waals surface area contributed by atoms with Gasteiger partial charge in [0.25, 0.3) is 0 Å². The van der Waals surface area contributed by atoms with E-state index in [4.69, 9.17) is 17.0 Å². The van der Waals surface area contributed by atoms with Crippen LogP contribution >= 0.6 is 12.2 Å². The van der Waals surface area contributed by atoms with Crippen molar-refractivity contribution in [1.82, 2.24) is 14.9 Å². The van der Waals surface area contributed by atoms with E-state index in [-0.39, 0.29) is 0 Å². The Morgan fingerprint density at radius 2 is 1.70 bits per heavy atom. The third kappa shape index (κ3) is 4.90. The summed E-state index contributed by atoms with van der Waals surface area (Å²) in [5, 5.41) is 11.7. The number of hydrogen-bond donors (Lipinski definition) is 1. The smallest absolute Gasteiger partial charge is 0.216 e. The van der Waals surface area contributed by atoms with Crippen molar-refractivity contribution in [3.05, 3.63) is 112 Å². The first-order valence-corrected chi connectivity index (χ1v) is 10.1. The highest BCUT2D eigenvalue weighted by molar-refractivity contribution is 7.71. The summed E-state index contributed by atoms with van der Waals surface area (Å²) >= 11 is 5.36. The van der Waals surface area contributed by atoms with Gasteiger partial charge in [0.2, 0.25) is 4.77 Å². The minimum Gasteiger partial charge on any atom is -0.488 e. The summed E-state index contributed by atoms with van der Waals surface area (Å²) in [6.45, 7) is 2.57. The normalized spacial score (nSPS) is 11.1. The molecule has 0 radical (unpaired) electrons. The molecule has 0 amide bonds. The second-order valence-corrected chi connectivity index (χ2v) is 7.36. The van der Waals surface area contributed by atoms with Crippen molar-refractivity contribution in [3.63, 3.8) is 0 Å². The van der Waals surface area contributed by atoms with Crippen LogP contribution in [0, 0.1) is 11.7 Å². The van der Waals surface area contributed by atoms with Gasteiger partial charge in [-0.05, 0) is 42.4 Å². The van der Waals surface area contributed by atoms with Crippen LogP contribution in [0.15, 0.2) is 84.0 Å². The van der Waals surface area contributed by atoms with Gasteiger partial charge < -0.3 is 4.74 Å². The van der Waals surface area contributed by atoms with Gasteiger partial charge >= 0.3 is 0 Å². The van der Waals surface area contributed by atoms with E-state index in [0.717, 1.165) is 28.3 Å². The van der Waals surface area contributed by atoms with Crippen LogP contribution in [0.5, 0.6) is 5.75 Å². The Morgan fingerprint density at radius 1 is 0.967 bits per heavy atom. The minimum absolute atomic E-state index is 0.454. The van der Waals surface area contributed by atoms with Gasteiger partial charge in [-0.1, -0.05) is 72.3 Å². The first-order valence-electron chi connectivity index (χ1n) is 9.71. The van der Waals surface area contributed by atoms with Crippen molar-refractivity contribution in [3.8, 4) is 5.75 Å². The van der Waals surface area contributed by atoms with Gasteiger partial charge in [-0.2, -0.15) is 14.9 Å². The van der Waals surface area contributed by atoms with Crippen molar-refractivity contribution in [2.45, 2.75) is 20.0 Å². The Bertz CT molecular complexity index is 1190. The number of H-pyrrole nitrogens is 1. The molecule has 1 heterocycles. The summed E-state index contributed by atoms with van der Waals surface area (Å²) in [5.41, 5.74) is 4.37. The van der Waals surface area contributed by atoms with Crippen LogP contribution < -0.4 is 4.74 Å². The van der Waals surface area contributed by atoms with E-state index in [2.05, 4.69) is 58.6 Å². The number of hydrogen-bond acceptors (Lipinski definition) is 4. The highest BCUT2D eigenvalue weighted by atomic mass is 32.1. The molecule has 150 valence electrons. The van der Waals surface area contributed by atoms with Crippen LogP contribution in [-0.4, -0.2) is 21.1 Å². The van der Waals surface area contributed by atoms with E-state index >= 15 is 0 Å². The second-order valence-electron chi connectivity index (χ2n) is 6.98. The molecule has 0 saturated heterocycles. The van der Waals surface area contributed by atoms with Crippen molar-refractivity contribution in [1.29, 1.82) is 0 Å². The van der Waals surface area contributed by atoms with E-state index < -0.39 is 0 Å². The molecule has 1 N–H and O–H groups in total. The molecule has 0 unspecified atom stereocenters. The summed E-state index contributed by atoms with van der Waals surface area (Å²) in [6, 6.07) is 26.3. The summed E-state index contributed by atoms with van der Waals surface area (Å²) in [7, 11) is 0. The molecule has 1 aromatic heterocycles. The standard InChI is InChI=1S/C24H22N4OS/c1-18-11-13-20(14-12-18)17-29-22-10-6-5-9-21(22)16-25-28-23(26-27-24(28)30)15-19-7-3-2-4-8-19/h2-14,16H,15,17H2,1H3,(H,27,30)/b25-16-. The van der Waals surface area contributed by atoms with Gasteiger partial charge in [-0.15, -0.1) is 0 Å². The van der Waals surface area contributed by atoms with Crippen LogP contribution in [0.25, 0.3) is 0 Å². The average molecular weight is 415 g/mol.